The highest BCUT2D eigenvalue weighted by Crippen LogP contribution is 2.63. The molecule has 2 aromatic heterocycles. The normalized spacial score (nSPS) is 18.7. The van der Waals surface area contributed by atoms with Gasteiger partial charge < -0.3 is 5.32 Å². The van der Waals surface area contributed by atoms with E-state index in [1.54, 1.807) is 35.9 Å². The molecule has 1 amide bonds. The van der Waals surface area contributed by atoms with Gasteiger partial charge in [0.1, 0.15) is 0 Å². The van der Waals surface area contributed by atoms with E-state index in [0.29, 0.717) is 5.69 Å². The molecule has 0 aromatic carbocycles. The van der Waals surface area contributed by atoms with Crippen molar-refractivity contribution < 1.29 is 4.79 Å². The van der Waals surface area contributed by atoms with Gasteiger partial charge in [0.05, 0.1) is 45.1 Å². The monoisotopic (exact) mass is 491 g/mol. The predicted molar refractivity (Wildman–Crippen MR) is 134 cm³/mol. The smallest absolute Gasteiger partial charge is 0.263 e. The molecule has 0 radical (unpaired) electrons. The van der Waals surface area contributed by atoms with Crippen LogP contribution in [0.3, 0.4) is 0 Å². The lowest BCUT2D eigenvalue weighted by molar-refractivity contribution is -0.112. The zero-order chi connectivity index (χ0) is 19.6. The van der Waals surface area contributed by atoms with E-state index in [1.165, 1.54) is 28.5 Å². The number of hydrogen-bond donors (Lipinski definition) is 1. The fourth-order valence-electron chi connectivity index (χ4n) is 2.57. The van der Waals surface area contributed by atoms with Crippen molar-refractivity contribution in [2.45, 2.75) is 0 Å². The zero-order valence-corrected chi connectivity index (χ0v) is 19.7. The Morgan fingerprint density at radius 2 is 1.66 bits per heavy atom. The molecule has 5 rings (SSSR count). The molecule has 0 atom stereocenters. The van der Waals surface area contributed by atoms with Crippen molar-refractivity contribution in [2.75, 3.05) is 16.8 Å². The van der Waals surface area contributed by atoms with Crippen molar-refractivity contribution in [2.24, 2.45) is 0 Å². The average molecular weight is 492 g/mol. The largest absolute Gasteiger partial charge is 0.320 e. The summed E-state index contributed by atoms with van der Waals surface area (Å²) in [7, 11) is 0. The topological polar surface area (TPSA) is 54.9 Å². The molecule has 146 valence electrons. The highest BCUT2D eigenvalue weighted by molar-refractivity contribution is 8.43. The van der Waals surface area contributed by atoms with E-state index < -0.39 is 0 Å². The van der Waals surface area contributed by atoms with Crippen LogP contribution < -0.4 is 5.32 Å². The number of nitrogens with zero attached hydrogens (tertiary/aromatic N) is 2. The lowest BCUT2D eigenvalue weighted by Gasteiger charge is -2.08. The minimum absolute atomic E-state index is 0.0973. The van der Waals surface area contributed by atoms with Gasteiger partial charge in [0.15, 0.2) is 0 Å². The summed E-state index contributed by atoms with van der Waals surface area (Å²) in [5.41, 5.74) is 2.27. The molecule has 3 aliphatic rings. The summed E-state index contributed by atoms with van der Waals surface area (Å²) in [6, 6.07) is 9.44. The second-order valence-corrected chi connectivity index (χ2v) is 13.1. The number of anilines is 1. The molecule has 0 bridgehead atoms. The molecule has 0 fully saturated rings. The van der Waals surface area contributed by atoms with Crippen LogP contribution in [0.4, 0.5) is 5.69 Å². The van der Waals surface area contributed by atoms with Crippen molar-refractivity contribution in [3.05, 3.63) is 70.0 Å². The van der Waals surface area contributed by atoms with E-state index in [1.807, 2.05) is 82.8 Å². The number of amides is 1. The number of carbonyl (C=O) groups excluding carboxylic acids is 1. The van der Waals surface area contributed by atoms with Crippen molar-refractivity contribution in [3.63, 3.8) is 0 Å². The van der Waals surface area contributed by atoms with Crippen LogP contribution in [-0.2, 0) is 4.79 Å². The number of carbonyl (C=O) groups is 1. The third-order valence-electron chi connectivity index (χ3n) is 3.90. The first-order valence-electron chi connectivity index (χ1n) is 8.59. The van der Waals surface area contributed by atoms with Gasteiger partial charge in [0.2, 0.25) is 0 Å². The van der Waals surface area contributed by atoms with Crippen molar-refractivity contribution in [3.8, 4) is 11.4 Å². The number of rotatable bonds is 3. The SMILES string of the molecule is O=C(Nc1ccc(-c2ccccn2)nc1)C1=CSC(=C2SC3=C(SCCS3)S2)S1. The van der Waals surface area contributed by atoms with Crippen LogP contribution >= 0.6 is 70.6 Å². The summed E-state index contributed by atoms with van der Waals surface area (Å²) in [5, 5.41) is 4.89. The first kappa shape index (κ1) is 20.0. The van der Waals surface area contributed by atoms with Gasteiger partial charge in [0.25, 0.3) is 5.91 Å². The molecular weight excluding hydrogens is 479 g/mol. The summed E-state index contributed by atoms with van der Waals surface area (Å²) in [4.78, 5) is 22.1. The maximum atomic E-state index is 12.7. The van der Waals surface area contributed by atoms with Crippen LogP contribution in [0, 0.1) is 0 Å². The van der Waals surface area contributed by atoms with E-state index in [2.05, 4.69) is 15.3 Å². The Hall–Kier alpha value is -0.910. The summed E-state index contributed by atoms with van der Waals surface area (Å²) in [6.45, 7) is 0. The summed E-state index contributed by atoms with van der Waals surface area (Å²) < 4.78 is 5.34. The molecule has 0 saturated carbocycles. The molecule has 2 aromatic rings. The number of hydrogen-bond acceptors (Lipinski definition) is 9. The Morgan fingerprint density at radius 3 is 2.34 bits per heavy atom. The highest BCUT2D eigenvalue weighted by atomic mass is 32.3. The van der Waals surface area contributed by atoms with Gasteiger partial charge in [-0.25, -0.2) is 0 Å². The fourth-order valence-corrected chi connectivity index (χ4v) is 11.0. The first-order chi connectivity index (χ1) is 14.3. The van der Waals surface area contributed by atoms with E-state index in [-0.39, 0.29) is 5.91 Å². The molecule has 3 aliphatic heterocycles. The van der Waals surface area contributed by atoms with Crippen LogP contribution in [0.5, 0.6) is 0 Å². The van der Waals surface area contributed by atoms with Crippen LogP contribution in [0.25, 0.3) is 11.4 Å². The molecule has 4 nitrogen and oxygen atoms in total. The Morgan fingerprint density at radius 1 is 0.862 bits per heavy atom. The maximum absolute atomic E-state index is 12.7. The summed E-state index contributed by atoms with van der Waals surface area (Å²) in [6.07, 6.45) is 3.41. The van der Waals surface area contributed by atoms with Gasteiger partial charge >= 0.3 is 0 Å². The highest BCUT2D eigenvalue weighted by Gasteiger charge is 2.30. The standard InChI is InChI=1S/C19H13N3OS6/c23-15(22-11-4-5-13(21-9-11)12-3-1-2-6-20-12)14-10-26-18(27-14)19-28-16-17(29-19)25-8-7-24-16/h1-6,9-10H,7-8H2,(H,22,23). The summed E-state index contributed by atoms with van der Waals surface area (Å²) in [5.74, 6) is 2.26. The number of aromatic nitrogens is 2. The van der Waals surface area contributed by atoms with Crippen molar-refractivity contribution >= 4 is 82.2 Å². The molecule has 0 unspecified atom stereocenters. The first-order valence-corrected chi connectivity index (χ1v) is 13.9. The maximum Gasteiger partial charge on any atom is 0.263 e. The second kappa shape index (κ2) is 9.07. The predicted octanol–water partition coefficient (Wildman–Crippen LogP) is 6.62. The van der Waals surface area contributed by atoms with Crippen LogP contribution in [0.2, 0.25) is 0 Å². The van der Waals surface area contributed by atoms with E-state index in [9.17, 15) is 4.79 Å². The quantitative estimate of drug-likeness (QED) is 0.510. The lowest BCUT2D eigenvalue weighted by Crippen LogP contribution is -2.11. The number of thioether (sulfide) groups is 6. The summed E-state index contributed by atoms with van der Waals surface area (Å²) >= 11 is 10.8. The van der Waals surface area contributed by atoms with Crippen molar-refractivity contribution in [1.82, 2.24) is 9.97 Å². The van der Waals surface area contributed by atoms with Crippen LogP contribution in [0.1, 0.15) is 0 Å². The van der Waals surface area contributed by atoms with Crippen LogP contribution in [-0.4, -0.2) is 27.4 Å². The van der Waals surface area contributed by atoms with E-state index >= 15 is 0 Å². The van der Waals surface area contributed by atoms with Gasteiger partial charge in [-0.05, 0) is 29.7 Å². The third-order valence-corrected chi connectivity index (χ3v) is 12.6. The Bertz CT molecular complexity index is 1030. The van der Waals surface area contributed by atoms with Crippen LogP contribution in [0.15, 0.2) is 70.0 Å². The van der Waals surface area contributed by atoms with E-state index in [0.717, 1.165) is 16.3 Å². The second-order valence-electron chi connectivity index (χ2n) is 5.85. The number of nitrogens with one attached hydrogen (secondary N) is 1. The minimum atomic E-state index is -0.0973. The van der Waals surface area contributed by atoms with E-state index in [4.69, 9.17) is 0 Å². The van der Waals surface area contributed by atoms with Gasteiger partial charge in [0, 0.05) is 17.7 Å². The zero-order valence-electron chi connectivity index (χ0n) is 14.8. The van der Waals surface area contributed by atoms with Gasteiger partial charge in [-0.1, -0.05) is 53.1 Å². The minimum Gasteiger partial charge on any atom is -0.320 e. The third kappa shape index (κ3) is 4.57. The molecular formula is C19H13N3OS6. The van der Waals surface area contributed by atoms with Gasteiger partial charge in [-0.3, -0.25) is 14.8 Å². The molecule has 0 spiro atoms. The molecule has 0 aliphatic carbocycles. The Labute approximate surface area is 194 Å². The van der Waals surface area contributed by atoms with Crippen molar-refractivity contribution in [1.29, 1.82) is 0 Å². The fraction of sp³-hybridized carbons (Fsp3) is 0.105. The molecule has 10 heteroatoms. The Kier molecular flexibility index (Phi) is 6.26. The molecule has 1 N–H and O–H groups in total. The molecule has 29 heavy (non-hydrogen) atoms. The molecule has 5 heterocycles. The number of pyridine rings is 2. The van der Waals surface area contributed by atoms with Gasteiger partial charge in [-0.2, -0.15) is 0 Å². The average Bonchev–Trinajstić information content (AvgIpc) is 3.42. The molecule has 0 saturated heterocycles. The Balaban J connectivity index is 1.22. The lowest BCUT2D eigenvalue weighted by atomic mass is 10.2. The van der Waals surface area contributed by atoms with Gasteiger partial charge in [-0.15, -0.1) is 23.5 Å².